The molecule has 0 amide bonds. The second-order valence-corrected chi connectivity index (χ2v) is 13.4. The van der Waals surface area contributed by atoms with Gasteiger partial charge in [-0.2, -0.15) is 5.10 Å². The predicted molar refractivity (Wildman–Crippen MR) is 109 cm³/mol. The van der Waals surface area contributed by atoms with E-state index in [4.69, 9.17) is 4.74 Å². The van der Waals surface area contributed by atoms with Crippen molar-refractivity contribution in [2.45, 2.75) is 32.4 Å². The Morgan fingerprint density at radius 3 is 2.70 bits per heavy atom. The van der Waals surface area contributed by atoms with E-state index in [1.165, 1.54) is 0 Å². The zero-order chi connectivity index (χ0) is 18.9. The molecule has 4 aromatic heterocycles. The Hall–Kier alpha value is -2.71. The summed E-state index contributed by atoms with van der Waals surface area (Å²) in [7, 11) is -1.08. The van der Waals surface area contributed by atoms with E-state index in [0.29, 0.717) is 6.73 Å². The first kappa shape index (κ1) is 17.7. The summed E-state index contributed by atoms with van der Waals surface area (Å²) < 4.78 is 9.91. The number of aromatic amines is 1. The number of fused-ring (bicyclic) bond motifs is 1. The Morgan fingerprint density at radius 1 is 1.11 bits per heavy atom. The summed E-state index contributed by atoms with van der Waals surface area (Å²) >= 11 is 0. The molecular weight excluding hydrogens is 356 g/mol. The average molecular weight is 381 g/mol. The lowest BCUT2D eigenvalue weighted by molar-refractivity contribution is 0.0899. The van der Waals surface area contributed by atoms with Gasteiger partial charge in [-0.3, -0.25) is 5.10 Å². The molecule has 8 heteroatoms. The van der Waals surface area contributed by atoms with Crippen LogP contribution in [0.4, 0.5) is 0 Å². The van der Waals surface area contributed by atoms with Crippen LogP contribution in [0.3, 0.4) is 0 Å². The molecule has 4 heterocycles. The van der Waals surface area contributed by atoms with Crippen molar-refractivity contribution in [3.63, 3.8) is 0 Å². The summed E-state index contributed by atoms with van der Waals surface area (Å²) in [5.74, 6) is 0.888. The third-order valence-corrected chi connectivity index (χ3v) is 6.22. The average Bonchev–Trinajstić information content (AvgIpc) is 3.36. The highest BCUT2D eigenvalue weighted by atomic mass is 28.3. The van der Waals surface area contributed by atoms with Gasteiger partial charge in [-0.05, 0) is 24.2 Å². The minimum Gasteiger partial charge on any atom is -0.361 e. The van der Waals surface area contributed by atoms with Gasteiger partial charge in [0.05, 0.1) is 17.5 Å². The summed E-state index contributed by atoms with van der Waals surface area (Å²) in [6.45, 7) is 8.35. The molecule has 0 aliphatic heterocycles. The lowest BCUT2D eigenvalue weighted by atomic mass is 10.1. The Labute approximate surface area is 159 Å². The van der Waals surface area contributed by atoms with Crippen LogP contribution < -0.4 is 0 Å². The molecule has 27 heavy (non-hydrogen) atoms. The number of nitrogens with zero attached hydrogens (tertiary/aromatic N) is 5. The van der Waals surface area contributed by atoms with Crippen molar-refractivity contribution in [1.29, 1.82) is 0 Å². The Balaban J connectivity index is 1.62. The molecule has 0 unspecified atom stereocenters. The van der Waals surface area contributed by atoms with Gasteiger partial charge in [0.2, 0.25) is 0 Å². The van der Waals surface area contributed by atoms with Crippen LogP contribution in [0.25, 0.3) is 28.1 Å². The fourth-order valence-electron chi connectivity index (χ4n) is 3.00. The summed E-state index contributed by atoms with van der Waals surface area (Å²) in [4.78, 5) is 9.00. The van der Waals surface area contributed by atoms with E-state index in [0.717, 1.165) is 40.8 Å². The lowest BCUT2D eigenvalue weighted by Crippen LogP contribution is -2.22. The maximum Gasteiger partial charge on any atom is 0.145 e. The maximum absolute atomic E-state index is 5.89. The molecule has 0 atom stereocenters. The molecular formula is C19H24N6OSi. The highest BCUT2D eigenvalue weighted by Crippen LogP contribution is 2.29. The van der Waals surface area contributed by atoms with Crippen molar-refractivity contribution in [3.05, 3.63) is 49.3 Å². The van der Waals surface area contributed by atoms with Gasteiger partial charge >= 0.3 is 0 Å². The van der Waals surface area contributed by atoms with Gasteiger partial charge in [0.15, 0.2) is 0 Å². The van der Waals surface area contributed by atoms with Crippen molar-refractivity contribution in [1.82, 2.24) is 29.3 Å². The van der Waals surface area contributed by atoms with Crippen molar-refractivity contribution >= 4 is 19.1 Å². The van der Waals surface area contributed by atoms with E-state index in [2.05, 4.69) is 39.8 Å². The molecule has 0 bridgehead atoms. The van der Waals surface area contributed by atoms with E-state index >= 15 is 0 Å². The molecule has 0 saturated heterocycles. The number of rotatable bonds is 7. The molecule has 0 aromatic carbocycles. The molecule has 1 N–H and O–H groups in total. The fourth-order valence-corrected chi connectivity index (χ4v) is 3.75. The first-order valence-corrected chi connectivity index (χ1v) is 12.8. The topological polar surface area (TPSA) is 73.6 Å². The number of H-pyrrole nitrogens is 1. The van der Waals surface area contributed by atoms with Crippen LogP contribution in [-0.2, 0) is 11.5 Å². The quantitative estimate of drug-likeness (QED) is 0.389. The van der Waals surface area contributed by atoms with Crippen LogP contribution in [0.5, 0.6) is 0 Å². The Morgan fingerprint density at radius 2 is 1.93 bits per heavy atom. The van der Waals surface area contributed by atoms with Crippen molar-refractivity contribution in [3.8, 4) is 17.1 Å². The van der Waals surface area contributed by atoms with Crippen LogP contribution in [0.15, 0.2) is 49.3 Å². The predicted octanol–water partition coefficient (Wildman–Crippen LogP) is 3.92. The van der Waals surface area contributed by atoms with E-state index in [1.807, 2.05) is 45.9 Å². The molecule has 0 fully saturated rings. The second kappa shape index (κ2) is 7.13. The summed E-state index contributed by atoms with van der Waals surface area (Å²) in [5, 5.41) is 8.26. The minimum absolute atomic E-state index is 0.500. The molecule has 4 aromatic rings. The second-order valence-electron chi connectivity index (χ2n) is 7.82. The van der Waals surface area contributed by atoms with Crippen LogP contribution >= 0.6 is 0 Å². The van der Waals surface area contributed by atoms with Crippen molar-refractivity contribution in [2.24, 2.45) is 0 Å². The number of aromatic nitrogens is 6. The normalized spacial score (nSPS) is 12.1. The number of nitrogens with one attached hydrogen (secondary N) is 1. The van der Waals surface area contributed by atoms with Crippen LogP contribution in [-0.4, -0.2) is 44.0 Å². The zero-order valence-electron chi connectivity index (χ0n) is 15.9. The fraction of sp³-hybridized carbons (Fsp3) is 0.316. The maximum atomic E-state index is 5.89. The summed E-state index contributed by atoms with van der Waals surface area (Å²) in [5.41, 5.74) is 2.67. The SMILES string of the molecule is C[Si](C)(C)CCOCn1ccc2c(-c3cn[nH]c3-n3cccc3)ncnc21. The molecule has 0 spiro atoms. The number of hydrogen-bond acceptors (Lipinski definition) is 4. The Kier molecular flexibility index (Phi) is 4.67. The highest BCUT2D eigenvalue weighted by molar-refractivity contribution is 6.76. The monoisotopic (exact) mass is 380 g/mol. The lowest BCUT2D eigenvalue weighted by Gasteiger charge is -2.15. The largest absolute Gasteiger partial charge is 0.361 e. The minimum atomic E-state index is -1.08. The molecule has 0 aliphatic carbocycles. The standard InChI is InChI=1S/C19H24N6OSi/c1-27(2,3)11-10-26-14-25-9-6-15-17(20-13-21-18(15)25)16-12-22-23-19(16)24-7-4-5-8-24/h4-9,12-13H,10-11,14H2,1-3H3,(H,22,23). The van der Waals surface area contributed by atoms with Gasteiger partial charge in [0, 0.05) is 38.7 Å². The number of hydrogen-bond donors (Lipinski definition) is 1. The molecule has 0 saturated carbocycles. The van der Waals surface area contributed by atoms with Crippen LogP contribution in [0, 0.1) is 0 Å². The number of ether oxygens (including phenoxy) is 1. The van der Waals surface area contributed by atoms with E-state index in [9.17, 15) is 0 Å². The van der Waals surface area contributed by atoms with E-state index in [-0.39, 0.29) is 0 Å². The summed E-state index contributed by atoms with van der Waals surface area (Å²) in [6, 6.07) is 7.16. The zero-order valence-corrected chi connectivity index (χ0v) is 16.9. The van der Waals surface area contributed by atoms with Gasteiger partial charge in [-0.15, -0.1) is 0 Å². The van der Waals surface area contributed by atoms with Gasteiger partial charge in [-0.1, -0.05) is 19.6 Å². The molecule has 4 rings (SSSR count). The highest BCUT2D eigenvalue weighted by Gasteiger charge is 2.16. The Bertz CT molecular complexity index is 1030. The van der Waals surface area contributed by atoms with Crippen LogP contribution in [0.1, 0.15) is 0 Å². The first-order valence-electron chi connectivity index (χ1n) is 9.08. The molecule has 7 nitrogen and oxygen atoms in total. The smallest absolute Gasteiger partial charge is 0.145 e. The van der Waals surface area contributed by atoms with Crippen LogP contribution in [0.2, 0.25) is 25.7 Å². The van der Waals surface area contributed by atoms with Crippen molar-refractivity contribution in [2.75, 3.05) is 6.61 Å². The third kappa shape index (κ3) is 3.72. The van der Waals surface area contributed by atoms with Gasteiger partial charge in [0.1, 0.15) is 24.5 Å². The molecule has 0 aliphatic rings. The van der Waals surface area contributed by atoms with Crippen molar-refractivity contribution < 1.29 is 4.74 Å². The molecule has 0 radical (unpaired) electrons. The van der Waals surface area contributed by atoms with E-state index < -0.39 is 8.07 Å². The van der Waals surface area contributed by atoms with Gasteiger partial charge in [0.25, 0.3) is 0 Å². The van der Waals surface area contributed by atoms with Gasteiger partial charge in [-0.25, -0.2) is 9.97 Å². The molecule has 140 valence electrons. The third-order valence-electron chi connectivity index (χ3n) is 4.52. The first-order chi connectivity index (χ1) is 13.0. The van der Waals surface area contributed by atoms with E-state index in [1.54, 1.807) is 12.5 Å². The summed E-state index contributed by atoms with van der Waals surface area (Å²) in [6.07, 6.45) is 9.37. The van der Waals surface area contributed by atoms with Gasteiger partial charge < -0.3 is 13.9 Å².